The van der Waals surface area contributed by atoms with E-state index >= 15 is 0 Å². The van der Waals surface area contributed by atoms with Crippen molar-refractivity contribution in [2.24, 2.45) is 0 Å². The van der Waals surface area contributed by atoms with E-state index in [4.69, 9.17) is 5.11 Å². The Kier molecular flexibility index (Phi) is 3.30. The summed E-state index contributed by atoms with van der Waals surface area (Å²) in [6.45, 7) is 0. The highest BCUT2D eigenvalue weighted by molar-refractivity contribution is 5.88. The number of halogens is 4. The molecule has 0 saturated carbocycles. The second-order valence-electron chi connectivity index (χ2n) is 1.96. The number of aromatic amines is 1. The van der Waals surface area contributed by atoms with E-state index in [9.17, 15) is 18.0 Å². The van der Waals surface area contributed by atoms with Gasteiger partial charge >= 0.3 is 12.1 Å². The normalized spacial score (nSPS) is 10.7. The van der Waals surface area contributed by atoms with E-state index in [-0.39, 0.29) is 12.4 Å². The fourth-order valence-corrected chi connectivity index (χ4v) is 0.664. The van der Waals surface area contributed by atoms with E-state index < -0.39 is 23.4 Å². The average molecular weight is 217 g/mol. The van der Waals surface area contributed by atoms with Gasteiger partial charge < -0.3 is 5.11 Å². The molecule has 0 spiro atoms. The largest absolute Gasteiger partial charge is 0.478 e. The molecule has 4 nitrogen and oxygen atoms in total. The molecule has 0 atom stereocenters. The topological polar surface area (TPSA) is 66.0 Å². The van der Waals surface area contributed by atoms with Crippen LogP contribution in [0.15, 0.2) is 6.20 Å². The van der Waals surface area contributed by atoms with Gasteiger partial charge in [0.1, 0.15) is 5.56 Å². The Hall–Kier alpha value is -1.24. The molecule has 0 aliphatic rings. The number of carbonyl (C=O) groups is 1. The van der Waals surface area contributed by atoms with E-state index in [1.165, 1.54) is 0 Å². The molecule has 0 saturated heterocycles. The second kappa shape index (κ2) is 3.65. The van der Waals surface area contributed by atoms with Crippen molar-refractivity contribution in [3.05, 3.63) is 17.5 Å². The molecule has 1 rings (SSSR count). The van der Waals surface area contributed by atoms with Crippen LogP contribution in [-0.4, -0.2) is 21.3 Å². The van der Waals surface area contributed by atoms with Gasteiger partial charge in [0.05, 0.1) is 6.20 Å². The molecule has 1 heterocycles. The van der Waals surface area contributed by atoms with Crippen molar-refractivity contribution in [2.75, 3.05) is 0 Å². The molecule has 0 aliphatic heterocycles. The molecule has 0 unspecified atom stereocenters. The van der Waals surface area contributed by atoms with Crippen molar-refractivity contribution in [3.63, 3.8) is 0 Å². The zero-order valence-corrected chi connectivity index (χ0v) is 6.74. The summed E-state index contributed by atoms with van der Waals surface area (Å²) in [5.74, 6) is -1.66. The minimum Gasteiger partial charge on any atom is -0.478 e. The average Bonchev–Trinajstić information content (AvgIpc) is 2.30. The predicted octanol–water partition coefficient (Wildman–Crippen LogP) is 1.55. The molecular weight excluding hydrogens is 213 g/mol. The fourth-order valence-electron chi connectivity index (χ4n) is 0.664. The Morgan fingerprint density at radius 2 is 2.08 bits per heavy atom. The number of carboxylic acid groups (broad SMARTS) is 1. The van der Waals surface area contributed by atoms with Crippen molar-refractivity contribution >= 4 is 18.4 Å². The summed E-state index contributed by atoms with van der Waals surface area (Å²) in [6.07, 6.45) is -4.09. The molecule has 0 bridgehead atoms. The van der Waals surface area contributed by atoms with Crippen LogP contribution >= 0.6 is 12.4 Å². The summed E-state index contributed by atoms with van der Waals surface area (Å²) in [4.78, 5) is 10.2. The Balaban J connectivity index is 0.00000144. The van der Waals surface area contributed by atoms with Crippen molar-refractivity contribution < 1.29 is 23.1 Å². The summed E-state index contributed by atoms with van der Waals surface area (Å²) in [7, 11) is 0. The third kappa shape index (κ3) is 2.35. The van der Waals surface area contributed by atoms with Crippen LogP contribution in [0.2, 0.25) is 0 Å². The molecule has 1 aromatic heterocycles. The first-order valence-corrected chi connectivity index (χ1v) is 2.77. The molecule has 0 aromatic carbocycles. The number of alkyl halides is 3. The van der Waals surface area contributed by atoms with Gasteiger partial charge in [-0.15, -0.1) is 12.4 Å². The van der Waals surface area contributed by atoms with E-state index in [0.29, 0.717) is 6.20 Å². The lowest BCUT2D eigenvalue weighted by molar-refractivity contribution is -0.141. The first kappa shape index (κ1) is 11.8. The summed E-state index contributed by atoms with van der Waals surface area (Å²) >= 11 is 0. The maximum atomic E-state index is 11.9. The third-order valence-electron chi connectivity index (χ3n) is 1.15. The van der Waals surface area contributed by atoms with Crippen LogP contribution in [0, 0.1) is 0 Å². The molecule has 0 fully saturated rings. The Bertz CT molecular complexity index is 309. The van der Waals surface area contributed by atoms with Crippen LogP contribution in [0.3, 0.4) is 0 Å². The number of nitrogens with one attached hydrogen (secondary N) is 1. The van der Waals surface area contributed by atoms with Gasteiger partial charge in [-0.05, 0) is 0 Å². The van der Waals surface area contributed by atoms with Crippen LogP contribution in [0.4, 0.5) is 13.2 Å². The maximum Gasteiger partial charge on any atom is 0.433 e. The molecule has 13 heavy (non-hydrogen) atoms. The number of hydrogen-bond donors (Lipinski definition) is 2. The van der Waals surface area contributed by atoms with Gasteiger partial charge in [-0.1, -0.05) is 0 Å². The Labute approximate surface area is 76.2 Å². The van der Waals surface area contributed by atoms with E-state index in [0.717, 1.165) is 0 Å². The highest BCUT2D eigenvalue weighted by Gasteiger charge is 2.37. The fraction of sp³-hybridized carbons (Fsp3) is 0.200. The smallest absolute Gasteiger partial charge is 0.433 e. The molecular formula is C5H4ClF3N2O2. The first-order valence-electron chi connectivity index (χ1n) is 2.77. The molecule has 0 amide bonds. The lowest BCUT2D eigenvalue weighted by Gasteiger charge is -2.02. The second-order valence-corrected chi connectivity index (χ2v) is 1.96. The number of rotatable bonds is 1. The van der Waals surface area contributed by atoms with Crippen LogP contribution in [0.1, 0.15) is 16.1 Å². The quantitative estimate of drug-likeness (QED) is 0.749. The van der Waals surface area contributed by atoms with Gasteiger partial charge in [0, 0.05) is 0 Å². The van der Waals surface area contributed by atoms with E-state index in [2.05, 4.69) is 5.10 Å². The first-order chi connectivity index (χ1) is 5.43. The molecule has 74 valence electrons. The third-order valence-corrected chi connectivity index (χ3v) is 1.15. The Morgan fingerprint density at radius 1 is 1.54 bits per heavy atom. The predicted molar refractivity (Wildman–Crippen MR) is 37.8 cm³/mol. The summed E-state index contributed by atoms with van der Waals surface area (Å²) in [5, 5.41) is 12.8. The zero-order chi connectivity index (χ0) is 9.35. The highest BCUT2D eigenvalue weighted by atomic mass is 35.5. The monoisotopic (exact) mass is 216 g/mol. The van der Waals surface area contributed by atoms with Crippen molar-refractivity contribution in [3.8, 4) is 0 Å². The SMILES string of the molecule is Cl.O=C(O)c1cn[nH]c1C(F)(F)F. The van der Waals surface area contributed by atoms with Gasteiger partial charge in [0.15, 0.2) is 5.69 Å². The van der Waals surface area contributed by atoms with E-state index in [1.807, 2.05) is 0 Å². The molecule has 2 N–H and O–H groups in total. The van der Waals surface area contributed by atoms with Gasteiger partial charge in [-0.25, -0.2) is 4.79 Å². The molecule has 8 heteroatoms. The number of nitrogens with zero attached hydrogens (tertiary/aromatic N) is 1. The van der Waals surface area contributed by atoms with Crippen molar-refractivity contribution in [1.29, 1.82) is 0 Å². The van der Waals surface area contributed by atoms with Crippen LogP contribution in [0.25, 0.3) is 0 Å². The number of aromatic carboxylic acids is 1. The minimum atomic E-state index is -4.70. The maximum absolute atomic E-state index is 11.9. The number of aromatic nitrogens is 2. The lowest BCUT2D eigenvalue weighted by Crippen LogP contribution is -2.11. The minimum absolute atomic E-state index is 0. The van der Waals surface area contributed by atoms with Crippen molar-refractivity contribution in [2.45, 2.75) is 6.18 Å². The molecule has 0 aliphatic carbocycles. The van der Waals surface area contributed by atoms with Gasteiger partial charge in [-0.2, -0.15) is 18.3 Å². The zero-order valence-electron chi connectivity index (χ0n) is 5.92. The van der Waals surface area contributed by atoms with Crippen LogP contribution in [0.5, 0.6) is 0 Å². The van der Waals surface area contributed by atoms with Gasteiger partial charge in [0.25, 0.3) is 0 Å². The van der Waals surface area contributed by atoms with Crippen LogP contribution in [-0.2, 0) is 6.18 Å². The summed E-state index contributed by atoms with van der Waals surface area (Å²) < 4.78 is 35.7. The van der Waals surface area contributed by atoms with Gasteiger partial charge in [-0.3, -0.25) is 5.10 Å². The number of carboxylic acids is 1. The summed E-state index contributed by atoms with van der Waals surface area (Å²) in [5.41, 5.74) is -2.21. The number of hydrogen-bond acceptors (Lipinski definition) is 2. The van der Waals surface area contributed by atoms with E-state index in [1.54, 1.807) is 5.10 Å². The van der Waals surface area contributed by atoms with Gasteiger partial charge in [0.2, 0.25) is 0 Å². The molecule has 1 aromatic rings. The standard InChI is InChI=1S/C5H3F3N2O2.ClH/c6-5(7,8)3-2(4(11)12)1-9-10-3;/h1H,(H,9,10)(H,11,12);1H. The lowest BCUT2D eigenvalue weighted by atomic mass is 10.2. The summed E-state index contributed by atoms with van der Waals surface area (Å²) in [6, 6.07) is 0. The molecule has 0 radical (unpaired) electrons. The Morgan fingerprint density at radius 3 is 2.38 bits per heavy atom. The van der Waals surface area contributed by atoms with Crippen LogP contribution < -0.4 is 0 Å². The highest BCUT2D eigenvalue weighted by Crippen LogP contribution is 2.29. The number of H-pyrrole nitrogens is 1. The van der Waals surface area contributed by atoms with Crippen molar-refractivity contribution in [1.82, 2.24) is 10.2 Å².